The molecule has 0 aliphatic carbocycles. The molecule has 0 aliphatic rings. The monoisotopic (exact) mass is 309 g/mol. The molecule has 112 valence electrons. The highest BCUT2D eigenvalue weighted by atomic mass is 32.1. The molecule has 2 heterocycles. The van der Waals surface area contributed by atoms with Crippen molar-refractivity contribution in [2.24, 2.45) is 0 Å². The summed E-state index contributed by atoms with van der Waals surface area (Å²) in [5.74, 6) is -1.24. The van der Waals surface area contributed by atoms with Crippen LogP contribution in [0.2, 0.25) is 0 Å². The largest absolute Gasteiger partial charge is 0.481 e. The van der Waals surface area contributed by atoms with Gasteiger partial charge in [0, 0.05) is 17.8 Å². The van der Waals surface area contributed by atoms with Crippen molar-refractivity contribution < 1.29 is 14.7 Å². The number of aromatic nitrogens is 2. The van der Waals surface area contributed by atoms with E-state index in [1.54, 1.807) is 6.07 Å². The van der Waals surface area contributed by atoms with Crippen LogP contribution in [0.3, 0.4) is 0 Å². The lowest BCUT2D eigenvalue weighted by Gasteiger charge is -2.06. The van der Waals surface area contributed by atoms with Gasteiger partial charge in [0.2, 0.25) is 5.91 Å². The smallest absolute Gasteiger partial charge is 0.303 e. The Kier molecular flexibility index (Phi) is 4.69. The average molecular weight is 309 g/mol. The van der Waals surface area contributed by atoms with Crippen LogP contribution in [0.1, 0.15) is 17.7 Å². The van der Waals surface area contributed by atoms with Crippen molar-refractivity contribution in [1.82, 2.24) is 14.9 Å². The zero-order chi connectivity index (χ0) is 15.4. The summed E-state index contributed by atoms with van der Waals surface area (Å²) in [6, 6.07) is 1.76. The topological polar surface area (TPSA) is 101 Å². The summed E-state index contributed by atoms with van der Waals surface area (Å²) in [5, 5.41) is 11.6. The second kappa shape index (κ2) is 6.49. The highest BCUT2D eigenvalue weighted by Gasteiger charge is 2.10. The van der Waals surface area contributed by atoms with Crippen molar-refractivity contribution in [1.29, 1.82) is 0 Å². The highest BCUT2D eigenvalue weighted by Crippen LogP contribution is 2.19. The van der Waals surface area contributed by atoms with Gasteiger partial charge in [0.15, 0.2) is 0 Å². The van der Waals surface area contributed by atoms with Gasteiger partial charge in [-0.05, 0) is 19.4 Å². The molecule has 1 amide bonds. The summed E-state index contributed by atoms with van der Waals surface area (Å²) < 4.78 is 1.25. The zero-order valence-corrected chi connectivity index (χ0v) is 12.3. The summed E-state index contributed by atoms with van der Waals surface area (Å²) in [6.45, 7) is 2.04. The molecule has 2 N–H and O–H groups in total. The second-order valence-electron chi connectivity index (χ2n) is 4.60. The maximum Gasteiger partial charge on any atom is 0.303 e. The van der Waals surface area contributed by atoms with E-state index < -0.39 is 5.97 Å². The lowest BCUT2D eigenvalue weighted by atomic mass is 10.3. The molecule has 0 fully saturated rings. The van der Waals surface area contributed by atoms with Gasteiger partial charge in [-0.25, -0.2) is 4.98 Å². The Bertz CT molecular complexity index is 735. The molecule has 2 aromatic rings. The fourth-order valence-corrected chi connectivity index (χ4v) is 2.71. The zero-order valence-electron chi connectivity index (χ0n) is 11.5. The number of carboxylic acids is 1. The lowest BCUT2D eigenvalue weighted by molar-refractivity contribution is -0.137. The molecule has 0 unspecified atom stereocenters. The molecule has 21 heavy (non-hydrogen) atoms. The third-order valence-electron chi connectivity index (χ3n) is 2.84. The predicted molar refractivity (Wildman–Crippen MR) is 78.5 cm³/mol. The number of aryl methyl sites for hydroxylation is 1. The maximum absolute atomic E-state index is 12.2. The Morgan fingerprint density at radius 1 is 1.48 bits per heavy atom. The van der Waals surface area contributed by atoms with Gasteiger partial charge >= 0.3 is 5.97 Å². The highest BCUT2D eigenvalue weighted by molar-refractivity contribution is 7.18. The van der Waals surface area contributed by atoms with Crippen LogP contribution in [0, 0.1) is 6.92 Å². The number of hydrogen-bond acceptors (Lipinski definition) is 5. The first-order chi connectivity index (χ1) is 9.97. The van der Waals surface area contributed by atoms with Crippen LogP contribution in [-0.4, -0.2) is 33.1 Å². The number of hydrogen-bond donors (Lipinski definition) is 2. The Morgan fingerprint density at radius 3 is 2.95 bits per heavy atom. The first kappa shape index (κ1) is 15.2. The molecule has 0 saturated carbocycles. The fraction of sp³-hybridized carbons (Fsp3) is 0.385. The molecule has 8 heteroatoms. The van der Waals surface area contributed by atoms with Crippen molar-refractivity contribution in [3.8, 4) is 0 Å². The third kappa shape index (κ3) is 3.88. The van der Waals surface area contributed by atoms with Gasteiger partial charge in [0.25, 0.3) is 5.56 Å². The number of fused-ring (bicyclic) bond motifs is 1. The molecule has 0 radical (unpaired) electrons. The molecular formula is C13H15N3O4S. The van der Waals surface area contributed by atoms with Gasteiger partial charge in [-0.1, -0.05) is 0 Å². The average Bonchev–Trinajstić information content (AvgIpc) is 2.79. The quantitative estimate of drug-likeness (QED) is 0.767. The van der Waals surface area contributed by atoms with Crippen molar-refractivity contribution >= 4 is 33.4 Å². The minimum absolute atomic E-state index is 0.00191. The molecule has 2 aromatic heterocycles. The second-order valence-corrected chi connectivity index (χ2v) is 5.84. The van der Waals surface area contributed by atoms with E-state index in [1.807, 2.05) is 6.92 Å². The summed E-state index contributed by atoms with van der Waals surface area (Å²) in [6.07, 6.45) is 1.72. The first-order valence-electron chi connectivity index (χ1n) is 6.41. The van der Waals surface area contributed by atoms with Crippen LogP contribution in [0.15, 0.2) is 17.2 Å². The Hall–Kier alpha value is -2.22. The fourth-order valence-electron chi connectivity index (χ4n) is 1.87. The summed E-state index contributed by atoms with van der Waals surface area (Å²) in [5.41, 5.74) is -0.245. The van der Waals surface area contributed by atoms with Gasteiger partial charge in [-0.2, -0.15) is 0 Å². The summed E-state index contributed by atoms with van der Waals surface area (Å²) in [7, 11) is 0. The van der Waals surface area contributed by atoms with E-state index >= 15 is 0 Å². The molecule has 0 atom stereocenters. The number of carbonyl (C=O) groups is 2. The number of amides is 1. The minimum Gasteiger partial charge on any atom is -0.481 e. The van der Waals surface area contributed by atoms with Crippen molar-refractivity contribution in [3.05, 3.63) is 27.6 Å². The van der Waals surface area contributed by atoms with E-state index in [-0.39, 0.29) is 31.0 Å². The minimum atomic E-state index is -0.900. The molecule has 0 aliphatic heterocycles. The van der Waals surface area contributed by atoms with Crippen LogP contribution in [0.5, 0.6) is 0 Å². The van der Waals surface area contributed by atoms with E-state index in [9.17, 15) is 14.4 Å². The van der Waals surface area contributed by atoms with Crippen molar-refractivity contribution in [2.75, 3.05) is 6.54 Å². The number of nitrogens with one attached hydrogen (secondary N) is 1. The predicted octanol–water partition coefficient (Wildman–Crippen LogP) is 0.747. The normalized spacial score (nSPS) is 10.7. The molecule has 2 rings (SSSR count). The Morgan fingerprint density at radius 2 is 2.24 bits per heavy atom. The summed E-state index contributed by atoms with van der Waals surface area (Å²) in [4.78, 5) is 40.0. The lowest BCUT2D eigenvalue weighted by Crippen LogP contribution is -2.33. The number of aliphatic carboxylic acids is 1. The first-order valence-corrected chi connectivity index (χ1v) is 7.23. The number of carboxylic acid groups (broad SMARTS) is 1. The van der Waals surface area contributed by atoms with E-state index in [0.29, 0.717) is 16.6 Å². The Balaban J connectivity index is 1.99. The van der Waals surface area contributed by atoms with Gasteiger partial charge in [-0.15, -0.1) is 11.3 Å². The van der Waals surface area contributed by atoms with Gasteiger partial charge < -0.3 is 10.4 Å². The van der Waals surface area contributed by atoms with Crippen LogP contribution >= 0.6 is 11.3 Å². The number of nitrogens with zero attached hydrogens (tertiary/aromatic N) is 2. The van der Waals surface area contributed by atoms with E-state index in [1.165, 1.54) is 22.2 Å². The van der Waals surface area contributed by atoms with Gasteiger partial charge in [-0.3, -0.25) is 19.0 Å². The van der Waals surface area contributed by atoms with Crippen LogP contribution in [0.25, 0.3) is 10.2 Å². The molecule has 0 saturated heterocycles. The molecule has 7 nitrogen and oxygen atoms in total. The van der Waals surface area contributed by atoms with E-state index in [2.05, 4.69) is 10.3 Å². The van der Waals surface area contributed by atoms with Crippen molar-refractivity contribution in [2.45, 2.75) is 26.3 Å². The van der Waals surface area contributed by atoms with Crippen LogP contribution < -0.4 is 10.9 Å². The number of carbonyl (C=O) groups excluding carboxylic acids is 1. The third-order valence-corrected chi connectivity index (χ3v) is 3.80. The molecule has 0 bridgehead atoms. The molecule has 0 aromatic carbocycles. The van der Waals surface area contributed by atoms with Gasteiger partial charge in [0.1, 0.15) is 11.4 Å². The number of thiophene rings is 1. The molecular weight excluding hydrogens is 294 g/mol. The SMILES string of the molecule is Cc1cc2c(=O)n(CC(=O)NCCCC(=O)O)cnc2s1. The van der Waals surface area contributed by atoms with Crippen LogP contribution in [0.4, 0.5) is 0 Å². The maximum atomic E-state index is 12.2. The van der Waals surface area contributed by atoms with Gasteiger partial charge in [0.05, 0.1) is 11.7 Å². The van der Waals surface area contributed by atoms with E-state index in [0.717, 1.165) is 4.88 Å². The van der Waals surface area contributed by atoms with Crippen LogP contribution in [-0.2, 0) is 16.1 Å². The molecule has 0 spiro atoms. The Labute approximate surface area is 124 Å². The number of rotatable bonds is 6. The van der Waals surface area contributed by atoms with E-state index in [4.69, 9.17) is 5.11 Å². The summed E-state index contributed by atoms with van der Waals surface area (Å²) >= 11 is 1.43. The van der Waals surface area contributed by atoms with Crippen molar-refractivity contribution in [3.63, 3.8) is 0 Å². The standard InChI is InChI=1S/C13H15N3O4S/c1-8-5-9-12(21-8)15-7-16(13(9)20)6-10(17)14-4-2-3-11(18)19/h5,7H,2-4,6H2,1H3,(H,14,17)(H,18,19).